The van der Waals surface area contributed by atoms with Gasteiger partial charge >= 0.3 is 0 Å². The Morgan fingerprint density at radius 1 is 1.50 bits per heavy atom. The fraction of sp³-hybridized carbons (Fsp3) is 0.846. The van der Waals surface area contributed by atoms with E-state index in [0.29, 0.717) is 11.6 Å². The topological polar surface area (TPSA) is 49.8 Å². The van der Waals surface area contributed by atoms with E-state index in [-0.39, 0.29) is 0 Å². The van der Waals surface area contributed by atoms with Crippen molar-refractivity contribution in [2.45, 2.75) is 63.5 Å². The van der Waals surface area contributed by atoms with Crippen molar-refractivity contribution in [2.24, 2.45) is 0 Å². The first-order valence-corrected chi connectivity index (χ1v) is 7.91. The van der Waals surface area contributed by atoms with Crippen molar-refractivity contribution in [1.29, 1.82) is 0 Å². The molecule has 1 aliphatic heterocycles. The highest BCUT2D eigenvalue weighted by molar-refractivity contribution is 7.09. The summed E-state index contributed by atoms with van der Waals surface area (Å²) in [6.45, 7) is 3.31. The van der Waals surface area contributed by atoms with Gasteiger partial charge < -0.3 is 10.6 Å². The molecule has 1 aliphatic carbocycles. The Morgan fingerprint density at radius 3 is 3.11 bits per heavy atom. The van der Waals surface area contributed by atoms with Gasteiger partial charge in [-0.25, -0.2) is 4.98 Å². The highest BCUT2D eigenvalue weighted by Crippen LogP contribution is 2.39. The average molecular weight is 266 g/mol. The van der Waals surface area contributed by atoms with Crippen LogP contribution in [0.1, 0.15) is 51.3 Å². The van der Waals surface area contributed by atoms with Gasteiger partial charge in [-0.2, -0.15) is 4.37 Å². The van der Waals surface area contributed by atoms with E-state index in [1.165, 1.54) is 43.6 Å². The molecule has 4 nitrogen and oxygen atoms in total. The van der Waals surface area contributed by atoms with Gasteiger partial charge in [-0.05, 0) is 45.1 Å². The molecule has 100 valence electrons. The maximum atomic E-state index is 4.56. The van der Waals surface area contributed by atoms with E-state index in [0.717, 1.165) is 30.3 Å². The summed E-state index contributed by atoms with van der Waals surface area (Å²) in [6, 6.07) is 0.578. The first kappa shape index (κ1) is 12.4. The second kappa shape index (κ2) is 5.13. The lowest BCUT2D eigenvalue weighted by atomic mass is 9.70. The number of aryl methyl sites for hydroxylation is 1. The summed E-state index contributed by atoms with van der Waals surface area (Å²) < 4.78 is 4.39. The van der Waals surface area contributed by atoms with Gasteiger partial charge in [0.1, 0.15) is 5.82 Å². The molecule has 1 unspecified atom stereocenters. The quantitative estimate of drug-likeness (QED) is 0.879. The van der Waals surface area contributed by atoms with Crippen LogP contribution in [0.5, 0.6) is 0 Å². The Kier molecular flexibility index (Phi) is 3.52. The van der Waals surface area contributed by atoms with Gasteiger partial charge in [-0.1, -0.05) is 6.92 Å². The van der Waals surface area contributed by atoms with Crippen molar-refractivity contribution in [2.75, 3.05) is 11.9 Å². The molecule has 1 atom stereocenters. The van der Waals surface area contributed by atoms with Gasteiger partial charge in [0.15, 0.2) is 0 Å². The number of hydrogen-bond donors (Lipinski definition) is 2. The first-order valence-electron chi connectivity index (χ1n) is 7.14. The summed E-state index contributed by atoms with van der Waals surface area (Å²) in [5.74, 6) is 0.997. The average Bonchev–Trinajstić information content (AvgIpc) is 2.75. The molecule has 18 heavy (non-hydrogen) atoms. The molecule has 0 bridgehead atoms. The lowest BCUT2D eigenvalue weighted by Crippen LogP contribution is -2.58. The molecule has 1 spiro atoms. The van der Waals surface area contributed by atoms with Crippen LogP contribution < -0.4 is 10.6 Å². The summed E-state index contributed by atoms with van der Waals surface area (Å²) in [7, 11) is 0. The molecule has 2 N–H and O–H groups in total. The standard InChI is InChI=1S/C13H22N4S/c1-2-4-11-16-12(18-17-11)15-10-5-8-14-13(9-10)6-3-7-13/h10,14H,2-9H2,1H3,(H,15,16,17). The molecule has 1 aromatic heterocycles. The van der Waals surface area contributed by atoms with Crippen LogP contribution in [0.4, 0.5) is 5.13 Å². The van der Waals surface area contributed by atoms with E-state index >= 15 is 0 Å². The minimum absolute atomic E-state index is 0.451. The highest BCUT2D eigenvalue weighted by atomic mass is 32.1. The zero-order chi connectivity index (χ0) is 12.4. The van der Waals surface area contributed by atoms with Gasteiger partial charge in [0.25, 0.3) is 0 Å². The van der Waals surface area contributed by atoms with Crippen molar-refractivity contribution < 1.29 is 0 Å². The fourth-order valence-electron chi connectivity index (χ4n) is 3.08. The number of nitrogens with one attached hydrogen (secondary N) is 2. The van der Waals surface area contributed by atoms with Crippen molar-refractivity contribution in [1.82, 2.24) is 14.7 Å². The molecule has 0 aromatic carbocycles. The zero-order valence-corrected chi connectivity index (χ0v) is 11.9. The monoisotopic (exact) mass is 266 g/mol. The van der Waals surface area contributed by atoms with E-state index < -0.39 is 0 Å². The van der Waals surface area contributed by atoms with Crippen LogP contribution in [0, 0.1) is 0 Å². The molecule has 0 amide bonds. The van der Waals surface area contributed by atoms with E-state index in [4.69, 9.17) is 0 Å². The van der Waals surface area contributed by atoms with Gasteiger partial charge in [0.2, 0.25) is 5.13 Å². The third kappa shape index (κ3) is 2.52. The number of hydrogen-bond acceptors (Lipinski definition) is 5. The summed E-state index contributed by atoms with van der Waals surface area (Å²) in [4.78, 5) is 4.56. The summed E-state index contributed by atoms with van der Waals surface area (Å²) >= 11 is 1.52. The number of anilines is 1. The highest BCUT2D eigenvalue weighted by Gasteiger charge is 2.40. The molecular formula is C13H22N4S. The SMILES string of the molecule is CCCc1nsc(NC2CCNC3(CCC3)C2)n1. The van der Waals surface area contributed by atoms with Crippen molar-refractivity contribution >= 4 is 16.7 Å². The Hall–Kier alpha value is -0.680. The fourth-order valence-corrected chi connectivity index (χ4v) is 3.77. The molecule has 2 fully saturated rings. The molecular weight excluding hydrogens is 244 g/mol. The minimum atomic E-state index is 0.451. The number of nitrogens with zero attached hydrogens (tertiary/aromatic N) is 2. The Labute approximate surface area is 113 Å². The molecule has 2 aliphatic rings. The molecule has 3 rings (SSSR count). The predicted octanol–water partition coefficient (Wildman–Crippen LogP) is 2.58. The normalized spacial score (nSPS) is 25.9. The zero-order valence-electron chi connectivity index (χ0n) is 11.0. The number of aromatic nitrogens is 2. The Balaban J connectivity index is 1.57. The van der Waals surface area contributed by atoms with Crippen LogP contribution >= 0.6 is 11.5 Å². The van der Waals surface area contributed by atoms with Crippen LogP contribution in [0.2, 0.25) is 0 Å². The van der Waals surface area contributed by atoms with E-state index in [1.54, 1.807) is 0 Å². The number of rotatable bonds is 4. The van der Waals surface area contributed by atoms with E-state index in [2.05, 4.69) is 26.9 Å². The van der Waals surface area contributed by atoms with E-state index in [1.807, 2.05) is 0 Å². The molecule has 5 heteroatoms. The van der Waals surface area contributed by atoms with Crippen molar-refractivity contribution in [3.8, 4) is 0 Å². The minimum Gasteiger partial charge on any atom is -0.357 e. The van der Waals surface area contributed by atoms with Crippen LogP contribution in [0.3, 0.4) is 0 Å². The number of piperidine rings is 1. The maximum Gasteiger partial charge on any atom is 0.202 e. The molecule has 2 heterocycles. The summed E-state index contributed by atoms with van der Waals surface area (Å²) in [6.07, 6.45) is 8.64. The third-order valence-electron chi connectivity index (χ3n) is 4.21. The van der Waals surface area contributed by atoms with Crippen LogP contribution in [0.25, 0.3) is 0 Å². The second-order valence-electron chi connectivity index (χ2n) is 5.66. The summed E-state index contributed by atoms with van der Waals surface area (Å²) in [5.41, 5.74) is 0.451. The van der Waals surface area contributed by atoms with Crippen molar-refractivity contribution in [3.05, 3.63) is 5.82 Å². The molecule has 1 saturated carbocycles. The molecule has 1 saturated heterocycles. The first-order chi connectivity index (χ1) is 8.80. The lowest BCUT2D eigenvalue weighted by Gasteiger charge is -2.48. The van der Waals surface area contributed by atoms with Crippen LogP contribution in [-0.4, -0.2) is 27.5 Å². The van der Waals surface area contributed by atoms with Gasteiger partial charge in [-0.15, -0.1) is 0 Å². The third-order valence-corrected chi connectivity index (χ3v) is 4.89. The molecule has 0 radical (unpaired) electrons. The Bertz CT molecular complexity index is 399. The van der Waals surface area contributed by atoms with Crippen LogP contribution in [0.15, 0.2) is 0 Å². The van der Waals surface area contributed by atoms with Crippen LogP contribution in [-0.2, 0) is 6.42 Å². The lowest BCUT2D eigenvalue weighted by molar-refractivity contribution is 0.135. The maximum absolute atomic E-state index is 4.56. The van der Waals surface area contributed by atoms with Gasteiger partial charge in [-0.3, -0.25) is 0 Å². The Morgan fingerprint density at radius 2 is 2.39 bits per heavy atom. The summed E-state index contributed by atoms with van der Waals surface area (Å²) in [5, 5.41) is 8.30. The smallest absolute Gasteiger partial charge is 0.202 e. The largest absolute Gasteiger partial charge is 0.357 e. The van der Waals surface area contributed by atoms with Crippen molar-refractivity contribution in [3.63, 3.8) is 0 Å². The van der Waals surface area contributed by atoms with E-state index in [9.17, 15) is 0 Å². The van der Waals surface area contributed by atoms with Gasteiger partial charge in [0.05, 0.1) is 0 Å². The molecule has 1 aromatic rings. The second-order valence-corrected chi connectivity index (χ2v) is 6.41. The predicted molar refractivity (Wildman–Crippen MR) is 75.1 cm³/mol. The van der Waals surface area contributed by atoms with Gasteiger partial charge in [0, 0.05) is 29.5 Å².